The van der Waals surface area contributed by atoms with Crippen LogP contribution in [0.2, 0.25) is 0 Å². The number of nitrogens with zero attached hydrogens (tertiary/aromatic N) is 2. The van der Waals surface area contributed by atoms with E-state index in [2.05, 4.69) is 41.4 Å². The Bertz CT molecular complexity index is 497. The molecule has 2 aliphatic heterocycles. The van der Waals surface area contributed by atoms with E-state index in [0.29, 0.717) is 6.54 Å². The topological polar surface area (TPSA) is 35.6 Å². The molecule has 0 aromatic heterocycles. The largest absolute Gasteiger partial charge is 0.322 e. The molecule has 1 amide bonds. The summed E-state index contributed by atoms with van der Waals surface area (Å²) in [4.78, 5) is 16.6. The zero-order chi connectivity index (χ0) is 14.7. The number of hydrogen-bond acceptors (Lipinski definition) is 3. The first-order valence-corrected chi connectivity index (χ1v) is 8.06. The Kier molecular flexibility index (Phi) is 4.56. The van der Waals surface area contributed by atoms with Crippen LogP contribution in [-0.2, 0) is 4.79 Å². The normalized spacial score (nSPS) is 23.2. The van der Waals surface area contributed by atoms with Gasteiger partial charge in [-0.1, -0.05) is 29.8 Å². The molecule has 114 valence electrons. The van der Waals surface area contributed by atoms with Crippen molar-refractivity contribution in [2.45, 2.75) is 32.4 Å². The second-order valence-corrected chi connectivity index (χ2v) is 6.19. The first-order valence-electron chi connectivity index (χ1n) is 8.06. The molecule has 0 spiro atoms. The summed E-state index contributed by atoms with van der Waals surface area (Å²) in [5.41, 5.74) is 2.44. The molecule has 2 fully saturated rings. The van der Waals surface area contributed by atoms with Crippen LogP contribution in [0.3, 0.4) is 0 Å². The molecular formula is C17H25N3O. The molecule has 0 aliphatic carbocycles. The number of benzene rings is 1. The van der Waals surface area contributed by atoms with Gasteiger partial charge in [-0.25, -0.2) is 0 Å². The van der Waals surface area contributed by atoms with Gasteiger partial charge in [0, 0.05) is 6.54 Å². The summed E-state index contributed by atoms with van der Waals surface area (Å²) in [6.07, 6.45) is 3.78. The van der Waals surface area contributed by atoms with Crippen molar-refractivity contribution in [3.63, 3.8) is 0 Å². The van der Waals surface area contributed by atoms with E-state index in [1.54, 1.807) is 0 Å². The lowest BCUT2D eigenvalue weighted by Crippen LogP contribution is -2.33. The number of amides is 1. The number of carbonyl (C=O) groups excluding carboxylic acids is 1. The molecule has 2 saturated heterocycles. The quantitative estimate of drug-likeness (QED) is 0.898. The van der Waals surface area contributed by atoms with Gasteiger partial charge in [0.2, 0.25) is 5.91 Å². The summed E-state index contributed by atoms with van der Waals surface area (Å²) < 4.78 is 0. The SMILES string of the molecule is Cc1cccc(C2NCC(=O)N2CCCN2CCCC2)c1. The fraction of sp³-hybridized carbons (Fsp3) is 0.588. The molecule has 0 radical (unpaired) electrons. The van der Waals surface area contributed by atoms with E-state index in [0.717, 1.165) is 19.5 Å². The minimum atomic E-state index is 0.0518. The van der Waals surface area contributed by atoms with E-state index in [4.69, 9.17) is 0 Å². The first kappa shape index (κ1) is 14.5. The number of carbonyl (C=O) groups is 1. The van der Waals surface area contributed by atoms with Crippen LogP contribution in [0, 0.1) is 6.92 Å². The van der Waals surface area contributed by atoms with E-state index in [1.807, 2.05) is 4.90 Å². The van der Waals surface area contributed by atoms with Gasteiger partial charge in [0.15, 0.2) is 0 Å². The summed E-state index contributed by atoms with van der Waals surface area (Å²) in [5, 5.41) is 3.34. The summed E-state index contributed by atoms with van der Waals surface area (Å²) >= 11 is 0. The third kappa shape index (κ3) is 3.44. The van der Waals surface area contributed by atoms with Crippen LogP contribution in [0.4, 0.5) is 0 Å². The summed E-state index contributed by atoms with van der Waals surface area (Å²) in [5.74, 6) is 0.225. The van der Waals surface area contributed by atoms with Crippen LogP contribution >= 0.6 is 0 Å². The highest BCUT2D eigenvalue weighted by Crippen LogP contribution is 2.23. The number of likely N-dealkylation sites (tertiary alicyclic amines) is 1. The minimum Gasteiger partial charge on any atom is -0.322 e. The summed E-state index contributed by atoms with van der Waals surface area (Å²) in [6, 6.07) is 8.44. The van der Waals surface area contributed by atoms with Crippen molar-refractivity contribution in [2.75, 3.05) is 32.7 Å². The van der Waals surface area contributed by atoms with Crippen molar-refractivity contribution in [3.05, 3.63) is 35.4 Å². The second-order valence-electron chi connectivity index (χ2n) is 6.19. The fourth-order valence-electron chi connectivity index (χ4n) is 3.40. The highest BCUT2D eigenvalue weighted by molar-refractivity contribution is 5.80. The third-order valence-corrected chi connectivity index (χ3v) is 4.51. The van der Waals surface area contributed by atoms with Gasteiger partial charge in [0.1, 0.15) is 6.17 Å². The molecule has 0 saturated carbocycles. The summed E-state index contributed by atoms with van der Waals surface area (Å²) in [7, 11) is 0. The van der Waals surface area contributed by atoms with E-state index in [9.17, 15) is 4.79 Å². The van der Waals surface area contributed by atoms with Gasteiger partial charge >= 0.3 is 0 Å². The Morgan fingerprint density at radius 1 is 1.24 bits per heavy atom. The van der Waals surface area contributed by atoms with Gasteiger partial charge in [0.05, 0.1) is 6.54 Å². The molecule has 1 atom stereocenters. The van der Waals surface area contributed by atoms with Crippen molar-refractivity contribution >= 4 is 5.91 Å². The van der Waals surface area contributed by atoms with Gasteiger partial charge in [-0.3, -0.25) is 10.1 Å². The molecule has 1 aromatic rings. The molecule has 1 unspecified atom stereocenters. The third-order valence-electron chi connectivity index (χ3n) is 4.51. The lowest BCUT2D eigenvalue weighted by Gasteiger charge is -2.26. The maximum absolute atomic E-state index is 12.1. The van der Waals surface area contributed by atoms with Crippen molar-refractivity contribution in [1.82, 2.24) is 15.1 Å². The lowest BCUT2D eigenvalue weighted by molar-refractivity contribution is -0.128. The Hall–Kier alpha value is -1.39. The maximum atomic E-state index is 12.1. The number of nitrogens with one attached hydrogen (secondary N) is 1. The second kappa shape index (κ2) is 6.58. The van der Waals surface area contributed by atoms with Crippen LogP contribution < -0.4 is 5.32 Å². The highest BCUT2D eigenvalue weighted by atomic mass is 16.2. The Morgan fingerprint density at radius 3 is 2.81 bits per heavy atom. The van der Waals surface area contributed by atoms with E-state index < -0.39 is 0 Å². The maximum Gasteiger partial charge on any atom is 0.238 e. The van der Waals surface area contributed by atoms with Gasteiger partial charge in [-0.15, -0.1) is 0 Å². The highest BCUT2D eigenvalue weighted by Gasteiger charge is 2.31. The molecule has 3 rings (SSSR count). The van der Waals surface area contributed by atoms with Crippen molar-refractivity contribution in [3.8, 4) is 0 Å². The molecule has 1 aromatic carbocycles. The average Bonchev–Trinajstić information content (AvgIpc) is 3.10. The Labute approximate surface area is 127 Å². The predicted octanol–water partition coefficient (Wildman–Crippen LogP) is 1.91. The van der Waals surface area contributed by atoms with Gasteiger partial charge in [-0.05, 0) is 51.4 Å². The van der Waals surface area contributed by atoms with Crippen molar-refractivity contribution < 1.29 is 4.79 Å². The molecular weight excluding hydrogens is 262 g/mol. The first-order chi connectivity index (χ1) is 10.2. The van der Waals surface area contributed by atoms with Gasteiger partial charge in [0.25, 0.3) is 0 Å². The molecule has 2 aliphatic rings. The summed E-state index contributed by atoms with van der Waals surface area (Å²) in [6.45, 7) is 6.98. The van der Waals surface area contributed by atoms with Crippen LogP contribution in [0.15, 0.2) is 24.3 Å². The molecule has 4 nitrogen and oxygen atoms in total. The zero-order valence-corrected chi connectivity index (χ0v) is 12.8. The smallest absolute Gasteiger partial charge is 0.238 e. The van der Waals surface area contributed by atoms with Gasteiger partial charge in [-0.2, -0.15) is 0 Å². The Morgan fingerprint density at radius 2 is 2.05 bits per heavy atom. The van der Waals surface area contributed by atoms with Gasteiger partial charge < -0.3 is 9.80 Å². The number of aryl methyl sites for hydroxylation is 1. The average molecular weight is 287 g/mol. The fourth-order valence-corrected chi connectivity index (χ4v) is 3.40. The van der Waals surface area contributed by atoms with Crippen LogP contribution in [0.25, 0.3) is 0 Å². The molecule has 21 heavy (non-hydrogen) atoms. The number of rotatable bonds is 5. The minimum absolute atomic E-state index is 0.0518. The van der Waals surface area contributed by atoms with Crippen LogP contribution in [0.1, 0.15) is 36.6 Å². The zero-order valence-electron chi connectivity index (χ0n) is 12.8. The molecule has 1 N–H and O–H groups in total. The standard InChI is InChI=1S/C17H25N3O/c1-14-6-4-7-15(12-14)17-18-13-16(21)20(17)11-5-10-19-8-2-3-9-19/h4,6-7,12,17-18H,2-3,5,8-11,13H2,1H3. The Balaban J connectivity index is 1.59. The van der Waals surface area contributed by atoms with E-state index in [-0.39, 0.29) is 12.1 Å². The van der Waals surface area contributed by atoms with Crippen LogP contribution in [-0.4, -0.2) is 48.4 Å². The lowest BCUT2D eigenvalue weighted by atomic mass is 10.1. The van der Waals surface area contributed by atoms with Crippen LogP contribution in [0.5, 0.6) is 0 Å². The molecule has 0 bridgehead atoms. The predicted molar refractivity (Wildman–Crippen MR) is 83.9 cm³/mol. The van der Waals surface area contributed by atoms with E-state index in [1.165, 1.54) is 37.1 Å². The molecule has 2 heterocycles. The monoisotopic (exact) mass is 287 g/mol. The van der Waals surface area contributed by atoms with Crippen molar-refractivity contribution in [1.29, 1.82) is 0 Å². The van der Waals surface area contributed by atoms with Crippen molar-refractivity contribution in [2.24, 2.45) is 0 Å². The van der Waals surface area contributed by atoms with E-state index >= 15 is 0 Å². The molecule has 4 heteroatoms. The number of hydrogen-bond donors (Lipinski definition) is 1.